The molecule has 0 unspecified atom stereocenters. The van der Waals surface area contributed by atoms with Gasteiger partial charge in [0.05, 0.1) is 29.5 Å². The van der Waals surface area contributed by atoms with Gasteiger partial charge in [-0.25, -0.2) is 14.8 Å². The fraction of sp³-hybridized carbons (Fsp3) is 0.435. The molecule has 2 atom stereocenters. The molecule has 5 rings (SSSR count). The number of imidazole rings is 2. The molecule has 34 heavy (non-hydrogen) atoms. The molecule has 0 saturated carbocycles. The summed E-state index contributed by atoms with van der Waals surface area (Å²) in [5.41, 5.74) is 1.48. The van der Waals surface area contributed by atoms with Crippen LogP contribution in [0.1, 0.15) is 25.2 Å². The second kappa shape index (κ2) is 8.24. The predicted molar refractivity (Wildman–Crippen MR) is 126 cm³/mol. The van der Waals surface area contributed by atoms with Gasteiger partial charge in [-0.05, 0) is 19.1 Å². The van der Waals surface area contributed by atoms with Crippen molar-refractivity contribution in [3.05, 3.63) is 57.3 Å². The van der Waals surface area contributed by atoms with E-state index in [2.05, 4.69) is 21.5 Å². The van der Waals surface area contributed by atoms with Gasteiger partial charge in [0.15, 0.2) is 5.52 Å². The molecule has 178 valence electrons. The van der Waals surface area contributed by atoms with Crippen LogP contribution in [-0.2, 0) is 31.9 Å². The molecule has 1 saturated heterocycles. The zero-order chi connectivity index (χ0) is 24.1. The van der Waals surface area contributed by atoms with E-state index in [-0.39, 0.29) is 30.9 Å². The summed E-state index contributed by atoms with van der Waals surface area (Å²) in [5, 5.41) is 10.8. The first-order chi connectivity index (χ1) is 16.3. The number of benzene rings is 1. The second-order valence-corrected chi connectivity index (χ2v) is 8.72. The number of para-hydroxylation sites is 2. The monoisotopic (exact) mass is 465 g/mol. The molecule has 11 nitrogen and oxygen atoms in total. The molecule has 0 aliphatic carbocycles. The number of aryl methyl sites for hydroxylation is 3. The van der Waals surface area contributed by atoms with Gasteiger partial charge in [0.1, 0.15) is 11.5 Å². The Balaban J connectivity index is 1.36. The smallest absolute Gasteiger partial charge is 0.332 e. The fourth-order valence-electron chi connectivity index (χ4n) is 4.93. The Kier molecular flexibility index (Phi) is 5.35. The van der Waals surface area contributed by atoms with Gasteiger partial charge in [0.25, 0.3) is 5.56 Å². The Morgan fingerprint density at radius 3 is 2.68 bits per heavy atom. The molecular weight excluding hydrogens is 438 g/mol. The number of aliphatic hydroxyl groups is 1. The number of nitrogens with zero attached hydrogens (tertiary/aromatic N) is 7. The van der Waals surface area contributed by atoms with Crippen molar-refractivity contribution in [2.45, 2.75) is 38.5 Å². The number of amides is 1. The van der Waals surface area contributed by atoms with Crippen LogP contribution in [0.4, 0.5) is 0 Å². The minimum atomic E-state index is -0.847. The van der Waals surface area contributed by atoms with E-state index in [1.54, 1.807) is 16.5 Å². The first-order valence-corrected chi connectivity index (χ1v) is 11.3. The van der Waals surface area contributed by atoms with Crippen LogP contribution in [0, 0.1) is 0 Å². The Hall–Kier alpha value is -3.73. The van der Waals surface area contributed by atoms with Crippen LogP contribution >= 0.6 is 0 Å². The summed E-state index contributed by atoms with van der Waals surface area (Å²) >= 11 is 0. The number of aromatic nitrogens is 6. The molecule has 1 N–H and O–H groups in total. The lowest BCUT2D eigenvalue weighted by Gasteiger charge is -2.18. The van der Waals surface area contributed by atoms with Gasteiger partial charge >= 0.3 is 5.69 Å². The molecule has 1 aromatic carbocycles. The molecule has 11 heteroatoms. The van der Waals surface area contributed by atoms with Gasteiger partial charge in [-0.1, -0.05) is 12.1 Å². The molecule has 1 aliphatic heterocycles. The molecule has 4 heterocycles. The van der Waals surface area contributed by atoms with E-state index in [9.17, 15) is 19.5 Å². The topological polar surface area (TPSA) is 120 Å². The molecule has 1 aliphatic rings. The van der Waals surface area contributed by atoms with E-state index in [4.69, 9.17) is 0 Å². The number of likely N-dealkylation sites (tertiary alicyclic amines) is 1. The standard InChI is InChI=1S/C23H27N7O4/c1-4-29-15-8-6-5-7-14(15)25-18(29)9-10-19(32)28-11-16(17(31)12-28)30-13-24-20-21(30)26(2)23(34)27(3)22(20)33/h5-8,13,16-17,31H,4,9-12H2,1-3H3/t16-,17-/m0/s1. The average molecular weight is 466 g/mol. The highest BCUT2D eigenvalue weighted by Crippen LogP contribution is 2.26. The van der Waals surface area contributed by atoms with Crippen LogP contribution in [0.25, 0.3) is 22.2 Å². The zero-order valence-electron chi connectivity index (χ0n) is 19.4. The molecule has 3 aromatic heterocycles. The van der Waals surface area contributed by atoms with E-state index in [0.29, 0.717) is 12.1 Å². The molecular formula is C23H27N7O4. The van der Waals surface area contributed by atoms with Crippen molar-refractivity contribution in [3.63, 3.8) is 0 Å². The number of carbonyl (C=O) groups is 1. The lowest BCUT2D eigenvalue weighted by atomic mass is 10.2. The zero-order valence-corrected chi connectivity index (χ0v) is 19.4. The Bertz CT molecular complexity index is 1530. The first-order valence-electron chi connectivity index (χ1n) is 11.3. The van der Waals surface area contributed by atoms with Crippen LogP contribution in [0.2, 0.25) is 0 Å². The van der Waals surface area contributed by atoms with Crippen molar-refractivity contribution in [1.29, 1.82) is 0 Å². The summed E-state index contributed by atoms with van der Waals surface area (Å²) in [6.07, 6.45) is 1.38. The third kappa shape index (κ3) is 3.35. The number of fused-ring (bicyclic) bond motifs is 2. The molecule has 1 amide bonds. The minimum Gasteiger partial charge on any atom is -0.389 e. The average Bonchev–Trinajstić information content (AvgIpc) is 3.54. The van der Waals surface area contributed by atoms with Crippen LogP contribution in [0.5, 0.6) is 0 Å². The minimum absolute atomic E-state index is 0.0783. The lowest BCUT2D eigenvalue weighted by Crippen LogP contribution is -2.38. The Labute approximate surface area is 194 Å². The van der Waals surface area contributed by atoms with Crippen LogP contribution in [0.3, 0.4) is 0 Å². The number of β-amino-alcohol motifs (C(OH)–C–C–N with tert-alkyl or cyclic N) is 1. The van der Waals surface area contributed by atoms with Crippen molar-refractivity contribution in [3.8, 4) is 0 Å². The van der Waals surface area contributed by atoms with Gasteiger partial charge in [0, 0.05) is 46.6 Å². The highest BCUT2D eigenvalue weighted by atomic mass is 16.3. The summed E-state index contributed by atoms with van der Waals surface area (Å²) < 4.78 is 6.09. The maximum atomic E-state index is 13.0. The summed E-state index contributed by atoms with van der Waals surface area (Å²) in [6, 6.07) is 7.40. The normalized spacial score (nSPS) is 18.4. The maximum Gasteiger partial charge on any atom is 0.332 e. The van der Waals surface area contributed by atoms with Gasteiger partial charge in [-0.2, -0.15) is 0 Å². The third-order valence-electron chi connectivity index (χ3n) is 6.75. The van der Waals surface area contributed by atoms with Crippen LogP contribution in [0.15, 0.2) is 40.2 Å². The number of hydrogen-bond donors (Lipinski definition) is 1. The largest absolute Gasteiger partial charge is 0.389 e. The molecule has 0 bridgehead atoms. The first kappa shape index (κ1) is 22.1. The lowest BCUT2D eigenvalue weighted by molar-refractivity contribution is -0.130. The van der Waals surface area contributed by atoms with Crippen molar-refractivity contribution in [2.24, 2.45) is 14.1 Å². The van der Waals surface area contributed by atoms with Crippen molar-refractivity contribution >= 4 is 28.1 Å². The number of carbonyl (C=O) groups excluding carboxylic acids is 1. The maximum absolute atomic E-state index is 13.0. The molecule has 1 fully saturated rings. The van der Waals surface area contributed by atoms with E-state index in [0.717, 1.165) is 28.0 Å². The quantitative estimate of drug-likeness (QED) is 0.449. The van der Waals surface area contributed by atoms with E-state index < -0.39 is 23.4 Å². The molecule has 0 radical (unpaired) electrons. The Morgan fingerprint density at radius 2 is 1.91 bits per heavy atom. The third-order valence-corrected chi connectivity index (χ3v) is 6.75. The van der Waals surface area contributed by atoms with Crippen LogP contribution < -0.4 is 11.2 Å². The summed E-state index contributed by atoms with van der Waals surface area (Å²) in [7, 11) is 2.97. The van der Waals surface area contributed by atoms with Crippen molar-refractivity contribution in [1.82, 2.24) is 33.1 Å². The summed E-state index contributed by atoms with van der Waals surface area (Å²) in [4.78, 5) is 48.4. The van der Waals surface area contributed by atoms with E-state index in [1.807, 2.05) is 24.3 Å². The summed E-state index contributed by atoms with van der Waals surface area (Å²) in [5.74, 6) is 0.783. The van der Waals surface area contributed by atoms with E-state index >= 15 is 0 Å². The van der Waals surface area contributed by atoms with E-state index in [1.165, 1.54) is 17.9 Å². The fourth-order valence-corrected chi connectivity index (χ4v) is 4.93. The molecule has 4 aromatic rings. The van der Waals surface area contributed by atoms with Gasteiger partial charge in [-0.3, -0.25) is 18.7 Å². The number of aliphatic hydroxyl groups excluding tert-OH is 1. The highest BCUT2D eigenvalue weighted by molar-refractivity contribution is 5.78. The molecule has 0 spiro atoms. The van der Waals surface area contributed by atoms with Crippen molar-refractivity contribution in [2.75, 3.05) is 13.1 Å². The SMILES string of the molecule is CCn1c(CCC(=O)N2C[C@H](O)[C@@H](n3cnc4c(=O)n(C)c(=O)n(C)c43)C2)nc2ccccc21. The van der Waals surface area contributed by atoms with Gasteiger partial charge in [-0.15, -0.1) is 0 Å². The van der Waals surface area contributed by atoms with Gasteiger partial charge in [0.2, 0.25) is 5.91 Å². The number of rotatable bonds is 5. The van der Waals surface area contributed by atoms with Gasteiger partial charge < -0.3 is 19.1 Å². The van der Waals surface area contributed by atoms with Crippen LogP contribution in [-0.4, -0.2) is 63.3 Å². The number of hydrogen-bond acceptors (Lipinski definition) is 6. The summed E-state index contributed by atoms with van der Waals surface area (Å²) in [6.45, 7) is 3.25. The van der Waals surface area contributed by atoms with Crippen molar-refractivity contribution < 1.29 is 9.90 Å². The Morgan fingerprint density at radius 1 is 1.15 bits per heavy atom. The highest BCUT2D eigenvalue weighted by Gasteiger charge is 2.36. The predicted octanol–water partition coefficient (Wildman–Crippen LogP) is 0.180. The second-order valence-electron chi connectivity index (χ2n) is 8.72.